The molecule has 4 aromatic rings. The van der Waals surface area contributed by atoms with Crippen LogP contribution in [0.3, 0.4) is 0 Å². The van der Waals surface area contributed by atoms with Crippen molar-refractivity contribution in [2.75, 3.05) is 17.2 Å². The lowest BCUT2D eigenvalue weighted by atomic mass is 9.50. The predicted octanol–water partition coefficient (Wildman–Crippen LogP) is 6.97. The van der Waals surface area contributed by atoms with Crippen LogP contribution in [0.1, 0.15) is 68.6 Å². The molecule has 2 bridgehead atoms. The van der Waals surface area contributed by atoms with Crippen LogP contribution in [0, 0.1) is 39.2 Å². The minimum absolute atomic E-state index is 0.0108. The molecule has 3 aliphatic rings. The van der Waals surface area contributed by atoms with Gasteiger partial charge in [0.15, 0.2) is 0 Å². The first-order chi connectivity index (χ1) is 19.0. The molecule has 206 valence electrons. The second kappa shape index (κ2) is 9.80. The predicted molar refractivity (Wildman–Crippen MR) is 162 cm³/mol. The molecule has 0 amide bonds. The van der Waals surface area contributed by atoms with Gasteiger partial charge in [-0.3, -0.25) is 4.98 Å². The van der Waals surface area contributed by atoms with Gasteiger partial charge in [-0.2, -0.15) is 9.65 Å². The summed E-state index contributed by atoms with van der Waals surface area (Å²) in [5, 5.41) is 27.3. The van der Waals surface area contributed by atoms with E-state index >= 15 is 0 Å². The van der Waals surface area contributed by atoms with Gasteiger partial charge in [0.2, 0.25) is 5.95 Å². The van der Waals surface area contributed by atoms with E-state index < -0.39 is 12.0 Å². The van der Waals surface area contributed by atoms with Gasteiger partial charge in [0.1, 0.15) is 21.5 Å². The monoisotopic (exact) mass is 670 g/mol. The summed E-state index contributed by atoms with van der Waals surface area (Å²) in [6, 6.07) is 8.64. The Labute approximate surface area is 250 Å². The van der Waals surface area contributed by atoms with Crippen molar-refractivity contribution in [2.24, 2.45) is 11.3 Å². The molecule has 1 atom stereocenters. The Bertz CT molecular complexity index is 1670. The van der Waals surface area contributed by atoms with E-state index in [1.807, 2.05) is 12.1 Å². The van der Waals surface area contributed by atoms with E-state index in [-0.39, 0.29) is 11.0 Å². The first-order valence-corrected chi connectivity index (χ1v) is 14.7. The molecular formula is C29H29ClFIN8. The Balaban J connectivity index is 1.45. The number of fused-ring (bicyclic) bond motifs is 1. The highest BCUT2D eigenvalue weighted by molar-refractivity contribution is 14.1. The number of anilines is 2. The quantitative estimate of drug-likeness (QED) is 0.162. The fourth-order valence-electron chi connectivity index (χ4n) is 5.73. The van der Waals surface area contributed by atoms with Crippen LogP contribution < -0.4 is 10.6 Å². The summed E-state index contributed by atoms with van der Waals surface area (Å²) in [5.41, 5.74) is 4.59. The average molecular weight is 671 g/mol. The summed E-state index contributed by atoms with van der Waals surface area (Å²) in [4.78, 5) is 8.57. The number of nitrogens with zero attached hydrogens (tertiary/aromatic N) is 6. The minimum Gasteiger partial charge on any atom is -0.383 e. The number of rotatable bonds is 7. The van der Waals surface area contributed by atoms with Crippen LogP contribution in [-0.2, 0) is 5.54 Å². The zero-order chi connectivity index (χ0) is 28.4. The standard InChI is InChI=1S/C29H29ClFIN8/c1-15-19(5-6-22(31)36-15)25(26-27(32)40(39-38-26)29-9-16(10-29)11-29)37-18-7-20-23(35-14-28(2,3)4)17(12-33)13-34-24(20)21(30)8-18/h5-8,13,16,25,37H,9-11,14H2,1-4H3,(H,34,35). The summed E-state index contributed by atoms with van der Waals surface area (Å²) in [7, 11) is 0. The number of nitrogens with one attached hydrogen (secondary N) is 2. The first-order valence-electron chi connectivity index (χ1n) is 13.3. The second-order valence-corrected chi connectivity index (χ2v) is 13.6. The smallest absolute Gasteiger partial charge is 0.213 e. The van der Waals surface area contributed by atoms with Crippen molar-refractivity contribution in [1.82, 2.24) is 25.0 Å². The van der Waals surface area contributed by atoms with Crippen molar-refractivity contribution in [3.8, 4) is 6.07 Å². The van der Waals surface area contributed by atoms with Crippen molar-refractivity contribution < 1.29 is 4.39 Å². The lowest BCUT2D eigenvalue weighted by Gasteiger charge is -2.61. The number of hydrogen-bond acceptors (Lipinski definition) is 7. The van der Waals surface area contributed by atoms with E-state index in [4.69, 9.17) is 11.6 Å². The Hall–Kier alpha value is -3.04. The molecule has 3 aromatic heterocycles. The number of aryl methyl sites for hydroxylation is 1. The molecular weight excluding hydrogens is 642 g/mol. The summed E-state index contributed by atoms with van der Waals surface area (Å²) in [6.45, 7) is 8.82. The van der Waals surface area contributed by atoms with Gasteiger partial charge < -0.3 is 10.6 Å². The largest absolute Gasteiger partial charge is 0.383 e. The zero-order valence-electron chi connectivity index (χ0n) is 22.7. The van der Waals surface area contributed by atoms with E-state index in [0.717, 1.165) is 45.5 Å². The molecule has 3 saturated carbocycles. The minimum atomic E-state index is -0.536. The van der Waals surface area contributed by atoms with Crippen LogP contribution in [0.2, 0.25) is 5.02 Å². The molecule has 0 radical (unpaired) electrons. The van der Waals surface area contributed by atoms with Gasteiger partial charge in [0.05, 0.1) is 27.3 Å². The maximum Gasteiger partial charge on any atom is 0.213 e. The summed E-state index contributed by atoms with van der Waals surface area (Å²) < 4.78 is 17.0. The van der Waals surface area contributed by atoms with Crippen molar-refractivity contribution in [3.63, 3.8) is 0 Å². The number of nitriles is 1. The first kappa shape index (κ1) is 27.1. The number of hydrogen-bond donors (Lipinski definition) is 2. The number of halogens is 3. The number of pyridine rings is 2. The molecule has 0 aliphatic heterocycles. The second-order valence-electron chi connectivity index (χ2n) is 12.2. The van der Waals surface area contributed by atoms with Gasteiger partial charge in [-0.1, -0.05) is 43.7 Å². The van der Waals surface area contributed by atoms with Crippen molar-refractivity contribution in [1.29, 1.82) is 5.26 Å². The molecule has 1 unspecified atom stereocenters. The zero-order valence-corrected chi connectivity index (χ0v) is 25.6. The van der Waals surface area contributed by atoms with Crippen LogP contribution >= 0.6 is 34.2 Å². The molecule has 11 heteroatoms. The van der Waals surface area contributed by atoms with Crippen LogP contribution in [0.25, 0.3) is 10.9 Å². The van der Waals surface area contributed by atoms with Crippen molar-refractivity contribution in [3.05, 3.63) is 67.6 Å². The van der Waals surface area contributed by atoms with E-state index in [2.05, 4.69) is 85.0 Å². The Kier molecular flexibility index (Phi) is 6.65. The lowest BCUT2D eigenvalue weighted by molar-refractivity contribution is -0.101. The molecule has 8 nitrogen and oxygen atoms in total. The van der Waals surface area contributed by atoms with Crippen LogP contribution in [0.4, 0.5) is 15.8 Å². The third kappa shape index (κ3) is 4.67. The highest BCUT2D eigenvalue weighted by Crippen LogP contribution is 2.62. The maximum atomic E-state index is 14.0. The molecule has 3 fully saturated rings. The third-order valence-corrected chi connectivity index (χ3v) is 9.22. The summed E-state index contributed by atoms with van der Waals surface area (Å²) >= 11 is 9.09. The van der Waals surface area contributed by atoms with Gasteiger partial charge in [-0.25, -0.2) is 9.67 Å². The SMILES string of the molecule is Cc1nc(F)ccc1C(Nc1cc(Cl)c2ncc(C#N)c(NCC(C)(C)C)c2c1)c1nnn(C23CC(C2)C3)c1I. The lowest BCUT2D eigenvalue weighted by Crippen LogP contribution is -2.60. The van der Waals surface area contributed by atoms with E-state index in [1.54, 1.807) is 19.2 Å². The van der Waals surface area contributed by atoms with Crippen LogP contribution in [0.15, 0.2) is 30.5 Å². The van der Waals surface area contributed by atoms with E-state index in [1.165, 1.54) is 6.07 Å². The van der Waals surface area contributed by atoms with Gasteiger partial charge in [0.25, 0.3) is 0 Å². The number of aromatic nitrogens is 5. The Morgan fingerprint density at radius 2 is 2.02 bits per heavy atom. The Morgan fingerprint density at radius 3 is 2.65 bits per heavy atom. The number of benzene rings is 1. The normalized spacial score (nSPS) is 20.4. The average Bonchev–Trinajstić information content (AvgIpc) is 3.19. The van der Waals surface area contributed by atoms with Gasteiger partial charge >= 0.3 is 0 Å². The fraction of sp³-hybridized carbons (Fsp3) is 0.414. The van der Waals surface area contributed by atoms with Gasteiger partial charge in [-0.05, 0) is 78.3 Å². The molecule has 2 N–H and O–H groups in total. The highest BCUT2D eigenvalue weighted by Gasteiger charge is 2.59. The van der Waals surface area contributed by atoms with Crippen LogP contribution in [0.5, 0.6) is 0 Å². The van der Waals surface area contributed by atoms with E-state index in [0.29, 0.717) is 39.7 Å². The molecule has 3 aliphatic carbocycles. The summed E-state index contributed by atoms with van der Waals surface area (Å²) in [6.07, 6.45) is 4.97. The fourth-order valence-corrected chi connectivity index (χ4v) is 7.03. The molecule has 3 heterocycles. The van der Waals surface area contributed by atoms with Gasteiger partial charge in [0, 0.05) is 35.1 Å². The van der Waals surface area contributed by atoms with Gasteiger partial charge in [-0.15, -0.1) is 5.10 Å². The molecule has 7 rings (SSSR count). The molecule has 0 spiro atoms. The summed E-state index contributed by atoms with van der Waals surface area (Å²) in [5.74, 6) is 0.263. The third-order valence-electron chi connectivity index (χ3n) is 7.92. The van der Waals surface area contributed by atoms with Crippen molar-refractivity contribution in [2.45, 2.75) is 58.5 Å². The maximum absolute atomic E-state index is 14.0. The van der Waals surface area contributed by atoms with E-state index in [9.17, 15) is 9.65 Å². The highest BCUT2D eigenvalue weighted by atomic mass is 127. The van der Waals surface area contributed by atoms with Crippen LogP contribution in [-0.4, -0.2) is 31.5 Å². The molecule has 1 aromatic carbocycles. The van der Waals surface area contributed by atoms with Crippen molar-refractivity contribution >= 4 is 56.5 Å². The topological polar surface area (TPSA) is 104 Å². The Morgan fingerprint density at radius 1 is 1.27 bits per heavy atom. The molecule has 40 heavy (non-hydrogen) atoms. The molecule has 0 saturated heterocycles.